The van der Waals surface area contributed by atoms with Gasteiger partial charge in [-0.3, -0.25) is 14.4 Å². The summed E-state index contributed by atoms with van der Waals surface area (Å²) in [6.07, 6.45) is 0. The van der Waals surface area contributed by atoms with Crippen LogP contribution in [0.2, 0.25) is 0 Å². The van der Waals surface area contributed by atoms with Crippen molar-refractivity contribution in [3.63, 3.8) is 0 Å². The van der Waals surface area contributed by atoms with Crippen LogP contribution in [-0.2, 0) is 9.59 Å². The van der Waals surface area contributed by atoms with Gasteiger partial charge >= 0.3 is 0 Å². The van der Waals surface area contributed by atoms with Gasteiger partial charge in [-0.2, -0.15) is 0 Å². The Morgan fingerprint density at radius 1 is 0.955 bits per heavy atom. The van der Waals surface area contributed by atoms with Gasteiger partial charge in [0, 0.05) is 12.5 Å². The van der Waals surface area contributed by atoms with Gasteiger partial charge in [-0.15, -0.1) is 0 Å². The second-order valence-electron chi connectivity index (χ2n) is 5.88. The largest absolute Gasteiger partial charge is 0.344 e. The highest BCUT2D eigenvalue weighted by Crippen LogP contribution is 2.08. The number of rotatable bonds is 6. The van der Waals surface area contributed by atoms with E-state index < -0.39 is 12.1 Å². The van der Waals surface area contributed by atoms with E-state index in [2.05, 4.69) is 10.6 Å². The summed E-state index contributed by atoms with van der Waals surface area (Å²) in [5, 5.41) is 5.28. The number of hydrogen-bond donors (Lipinski definition) is 2. The first-order valence-electron chi connectivity index (χ1n) is 7.40. The molecule has 2 amide bonds. The molecular formula is C17H24N2O3. The van der Waals surface area contributed by atoms with Gasteiger partial charge in [0.25, 0.3) is 0 Å². The molecule has 120 valence electrons. The molecule has 0 aliphatic carbocycles. The molecular weight excluding hydrogens is 280 g/mol. The van der Waals surface area contributed by atoms with Crippen molar-refractivity contribution in [3.8, 4) is 0 Å². The second kappa shape index (κ2) is 7.73. The van der Waals surface area contributed by atoms with Crippen LogP contribution in [0.4, 0.5) is 0 Å². The molecule has 0 aromatic heterocycles. The topological polar surface area (TPSA) is 75.3 Å². The zero-order valence-electron chi connectivity index (χ0n) is 13.8. The van der Waals surface area contributed by atoms with Crippen LogP contribution >= 0.6 is 0 Å². The Morgan fingerprint density at radius 3 is 1.95 bits per heavy atom. The van der Waals surface area contributed by atoms with Crippen molar-refractivity contribution in [2.75, 3.05) is 0 Å². The lowest BCUT2D eigenvalue weighted by Crippen LogP contribution is -2.52. The molecule has 0 radical (unpaired) electrons. The highest BCUT2D eigenvalue weighted by molar-refractivity contribution is 6.02. The molecule has 1 aromatic rings. The van der Waals surface area contributed by atoms with Crippen molar-refractivity contribution >= 4 is 17.6 Å². The molecule has 0 aliphatic rings. The third kappa shape index (κ3) is 4.98. The van der Waals surface area contributed by atoms with Gasteiger partial charge in [0.1, 0.15) is 6.04 Å². The minimum absolute atomic E-state index is 0.0643. The Hall–Kier alpha value is -2.17. The van der Waals surface area contributed by atoms with E-state index in [1.165, 1.54) is 6.92 Å². The van der Waals surface area contributed by atoms with E-state index in [1.54, 1.807) is 19.1 Å². The molecule has 5 heteroatoms. The first-order valence-corrected chi connectivity index (χ1v) is 7.40. The van der Waals surface area contributed by atoms with Gasteiger partial charge in [0.15, 0.2) is 5.78 Å². The fourth-order valence-electron chi connectivity index (χ4n) is 2.09. The van der Waals surface area contributed by atoms with E-state index in [9.17, 15) is 14.4 Å². The number of hydrogen-bond acceptors (Lipinski definition) is 3. The SMILES string of the molecule is CC(=O)N[C@H](C(=O)N[C@@H](C)C(=O)c1ccc(C)cc1)C(C)C. The normalized spacial score (nSPS) is 13.4. The van der Waals surface area contributed by atoms with Crippen molar-refractivity contribution in [2.45, 2.75) is 46.7 Å². The van der Waals surface area contributed by atoms with Crippen LogP contribution in [0.1, 0.15) is 43.6 Å². The summed E-state index contributed by atoms with van der Waals surface area (Å²) in [5.74, 6) is -0.839. The monoisotopic (exact) mass is 304 g/mol. The van der Waals surface area contributed by atoms with E-state index in [1.807, 2.05) is 32.9 Å². The van der Waals surface area contributed by atoms with Crippen molar-refractivity contribution in [1.29, 1.82) is 0 Å². The lowest BCUT2D eigenvalue weighted by molar-refractivity contribution is -0.129. The van der Waals surface area contributed by atoms with Crippen molar-refractivity contribution in [3.05, 3.63) is 35.4 Å². The molecule has 2 N–H and O–H groups in total. The van der Waals surface area contributed by atoms with Crippen molar-refractivity contribution in [2.24, 2.45) is 5.92 Å². The van der Waals surface area contributed by atoms with Crippen LogP contribution < -0.4 is 10.6 Å². The number of ketones is 1. The third-order valence-corrected chi connectivity index (χ3v) is 3.40. The molecule has 0 heterocycles. The molecule has 0 saturated carbocycles. The van der Waals surface area contributed by atoms with Crippen LogP contribution in [0.25, 0.3) is 0 Å². The summed E-state index contributed by atoms with van der Waals surface area (Å²) in [4.78, 5) is 35.7. The number of amides is 2. The summed E-state index contributed by atoms with van der Waals surface area (Å²) in [6.45, 7) is 8.63. The number of Topliss-reactive ketones (excluding diaryl/α,β-unsaturated/α-hetero) is 1. The Morgan fingerprint density at radius 2 is 1.50 bits per heavy atom. The minimum atomic E-state index is -0.648. The number of benzene rings is 1. The summed E-state index contributed by atoms with van der Waals surface area (Å²) < 4.78 is 0. The Balaban J connectivity index is 2.75. The van der Waals surface area contributed by atoms with E-state index in [0.29, 0.717) is 5.56 Å². The fourth-order valence-corrected chi connectivity index (χ4v) is 2.09. The third-order valence-electron chi connectivity index (χ3n) is 3.40. The minimum Gasteiger partial charge on any atom is -0.344 e. The molecule has 22 heavy (non-hydrogen) atoms. The van der Waals surface area contributed by atoms with Crippen LogP contribution in [0.5, 0.6) is 0 Å². The predicted molar refractivity (Wildman–Crippen MR) is 85.6 cm³/mol. The highest BCUT2D eigenvalue weighted by atomic mass is 16.2. The number of aryl methyl sites for hydroxylation is 1. The molecule has 0 saturated heterocycles. The predicted octanol–water partition coefficient (Wildman–Crippen LogP) is 1.84. The fraction of sp³-hybridized carbons (Fsp3) is 0.471. The molecule has 2 atom stereocenters. The Bertz CT molecular complexity index is 550. The molecule has 0 spiro atoms. The summed E-state index contributed by atoms with van der Waals surface area (Å²) in [7, 11) is 0. The Labute approximate surface area is 131 Å². The van der Waals surface area contributed by atoms with Crippen LogP contribution in [-0.4, -0.2) is 29.7 Å². The molecule has 0 aliphatic heterocycles. The molecule has 0 unspecified atom stereocenters. The first-order chi connectivity index (χ1) is 10.2. The van der Waals surface area contributed by atoms with E-state index >= 15 is 0 Å². The zero-order valence-corrected chi connectivity index (χ0v) is 13.8. The zero-order chi connectivity index (χ0) is 16.9. The maximum atomic E-state index is 12.3. The van der Waals surface area contributed by atoms with Crippen molar-refractivity contribution in [1.82, 2.24) is 10.6 Å². The molecule has 0 bridgehead atoms. The van der Waals surface area contributed by atoms with E-state index in [-0.39, 0.29) is 23.5 Å². The lowest BCUT2D eigenvalue weighted by Gasteiger charge is -2.23. The van der Waals surface area contributed by atoms with E-state index in [4.69, 9.17) is 0 Å². The summed E-state index contributed by atoms with van der Waals surface area (Å²) >= 11 is 0. The highest BCUT2D eigenvalue weighted by Gasteiger charge is 2.26. The average molecular weight is 304 g/mol. The molecule has 1 aromatic carbocycles. The maximum Gasteiger partial charge on any atom is 0.243 e. The summed E-state index contributed by atoms with van der Waals surface area (Å²) in [5.41, 5.74) is 1.62. The van der Waals surface area contributed by atoms with Gasteiger partial charge in [-0.25, -0.2) is 0 Å². The number of carbonyl (C=O) groups excluding carboxylic acids is 3. The van der Waals surface area contributed by atoms with Gasteiger partial charge in [-0.1, -0.05) is 43.7 Å². The van der Waals surface area contributed by atoms with Crippen LogP contribution in [0.3, 0.4) is 0 Å². The van der Waals surface area contributed by atoms with Gasteiger partial charge < -0.3 is 10.6 Å². The smallest absolute Gasteiger partial charge is 0.243 e. The quantitative estimate of drug-likeness (QED) is 0.788. The molecule has 1 rings (SSSR count). The van der Waals surface area contributed by atoms with Crippen molar-refractivity contribution < 1.29 is 14.4 Å². The second-order valence-corrected chi connectivity index (χ2v) is 5.88. The summed E-state index contributed by atoms with van der Waals surface area (Å²) in [6, 6.07) is 5.91. The number of nitrogens with one attached hydrogen (secondary N) is 2. The van der Waals surface area contributed by atoms with Crippen LogP contribution in [0, 0.1) is 12.8 Å². The average Bonchev–Trinajstić information content (AvgIpc) is 2.44. The molecule has 0 fully saturated rings. The van der Waals surface area contributed by atoms with Gasteiger partial charge in [-0.05, 0) is 19.8 Å². The molecule has 5 nitrogen and oxygen atoms in total. The number of carbonyl (C=O) groups is 3. The standard InChI is InChI=1S/C17H24N2O3/c1-10(2)15(19-13(5)20)17(22)18-12(4)16(21)14-8-6-11(3)7-9-14/h6-10,12,15H,1-5H3,(H,18,22)(H,19,20)/t12-,15-/m0/s1. The first kappa shape index (κ1) is 17.9. The van der Waals surface area contributed by atoms with E-state index in [0.717, 1.165) is 5.56 Å². The van der Waals surface area contributed by atoms with Gasteiger partial charge in [0.05, 0.1) is 6.04 Å². The Kier molecular flexibility index (Phi) is 6.28. The van der Waals surface area contributed by atoms with Crippen LogP contribution in [0.15, 0.2) is 24.3 Å². The maximum absolute atomic E-state index is 12.3. The lowest BCUT2D eigenvalue weighted by atomic mass is 10.0. The van der Waals surface area contributed by atoms with Gasteiger partial charge in [0.2, 0.25) is 11.8 Å².